The molecular formula is C11H6ClF3S. The lowest BCUT2D eigenvalue weighted by atomic mass is 10.1. The van der Waals surface area contributed by atoms with Gasteiger partial charge in [-0.25, -0.2) is 0 Å². The van der Waals surface area contributed by atoms with E-state index in [1.54, 1.807) is 17.5 Å². The van der Waals surface area contributed by atoms with E-state index < -0.39 is 11.7 Å². The maximum Gasteiger partial charge on any atom is 0.416 e. The van der Waals surface area contributed by atoms with Crippen molar-refractivity contribution in [3.63, 3.8) is 0 Å². The van der Waals surface area contributed by atoms with E-state index in [1.807, 2.05) is 0 Å². The van der Waals surface area contributed by atoms with Crippen LogP contribution >= 0.6 is 22.9 Å². The lowest BCUT2D eigenvalue weighted by Crippen LogP contribution is -2.04. The summed E-state index contributed by atoms with van der Waals surface area (Å²) < 4.78 is 37.5. The molecule has 0 N–H and O–H groups in total. The number of alkyl halides is 3. The second-order valence-corrected chi connectivity index (χ2v) is 4.52. The smallest absolute Gasteiger partial charge is 0.166 e. The van der Waals surface area contributed by atoms with Gasteiger partial charge in [-0.05, 0) is 29.6 Å². The fraction of sp³-hybridized carbons (Fsp3) is 0.0909. The summed E-state index contributed by atoms with van der Waals surface area (Å²) in [6, 6.07) is 6.86. The first-order valence-electron chi connectivity index (χ1n) is 4.39. The SMILES string of the molecule is FC(F)(F)c1ccc(Cl)c(-c2cccs2)c1. The average molecular weight is 263 g/mol. The number of benzene rings is 1. The molecule has 2 aromatic rings. The second kappa shape index (κ2) is 4.11. The molecule has 0 amide bonds. The number of halogens is 4. The quantitative estimate of drug-likeness (QED) is 0.672. The van der Waals surface area contributed by atoms with Gasteiger partial charge in [-0.3, -0.25) is 0 Å². The van der Waals surface area contributed by atoms with E-state index in [9.17, 15) is 13.2 Å². The van der Waals surface area contributed by atoms with Crippen LogP contribution in [0.3, 0.4) is 0 Å². The Morgan fingerprint density at radius 2 is 1.88 bits per heavy atom. The largest absolute Gasteiger partial charge is 0.416 e. The van der Waals surface area contributed by atoms with Crippen LogP contribution in [0.2, 0.25) is 5.02 Å². The first kappa shape index (κ1) is 11.5. The molecule has 16 heavy (non-hydrogen) atoms. The normalized spacial score (nSPS) is 11.8. The van der Waals surface area contributed by atoms with Gasteiger partial charge in [-0.1, -0.05) is 17.7 Å². The Bertz CT molecular complexity index is 488. The number of hydrogen-bond acceptors (Lipinski definition) is 1. The van der Waals surface area contributed by atoms with Gasteiger partial charge < -0.3 is 0 Å². The monoisotopic (exact) mass is 262 g/mol. The molecule has 2 rings (SSSR count). The van der Waals surface area contributed by atoms with Crippen molar-refractivity contribution in [1.82, 2.24) is 0 Å². The highest BCUT2D eigenvalue weighted by Crippen LogP contribution is 2.37. The maximum atomic E-state index is 12.5. The van der Waals surface area contributed by atoms with Gasteiger partial charge in [0.1, 0.15) is 0 Å². The van der Waals surface area contributed by atoms with Crippen molar-refractivity contribution in [2.45, 2.75) is 6.18 Å². The Morgan fingerprint density at radius 1 is 1.12 bits per heavy atom. The molecule has 0 saturated carbocycles. The highest BCUT2D eigenvalue weighted by atomic mass is 35.5. The van der Waals surface area contributed by atoms with E-state index in [1.165, 1.54) is 17.4 Å². The predicted molar refractivity (Wildman–Crippen MR) is 59.8 cm³/mol. The van der Waals surface area contributed by atoms with Crippen molar-refractivity contribution in [3.05, 3.63) is 46.3 Å². The fourth-order valence-corrected chi connectivity index (χ4v) is 2.35. The van der Waals surface area contributed by atoms with Crippen LogP contribution in [0.4, 0.5) is 13.2 Å². The van der Waals surface area contributed by atoms with Gasteiger partial charge in [0, 0.05) is 15.5 Å². The molecule has 0 bridgehead atoms. The van der Waals surface area contributed by atoms with E-state index in [4.69, 9.17) is 11.6 Å². The van der Waals surface area contributed by atoms with Crippen molar-refractivity contribution in [2.75, 3.05) is 0 Å². The molecule has 0 aliphatic heterocycles. The van der Waals surface area contributed by atoms with Crippen LogP contribution in [0, 0.1) is 0 Å². The first-order chi connectivity index (χ1) is 7.48. The van der Waals surface area contributed by atoms with Gasteiger partial charge in [-0.2, -0.15) is 13.2 Å². The van der Waals surface area contributed by atoms with Crippen molar-refractivity contribution in [2.24, 2.45) is 0 Å². The van der Waals surface area contributed by atoms with Crippen molar-refractivity contribution in [1.29, 1.82) is 0 Å². The predicted octanol–water partition coefficient (Wildman–Crippen LogP) is 5.09. The molecule has 0 fully saturated rings. The summed E-state index contributed by atoms with van der Waals surface area (Å²) in [5, 5.41) is 2.13. The molecule has 0 radical (unpaired) electrons. The van der Waals surface area contributed by atoms with Crippen LogP contribution in [0.15, 0.2) is 35.7 Å². The summed E-state index contributed by atoms with van der Waals surface area (Å²) in [7, 11) is 0. The molecule has 0 aliphatic carbocycles. The molecule has 1 aromatic carbocycles. The minimum atomic E-state index is -4.34. The molecule has 0 unspecified atom stereocenters. The lowest BCUT2D eigenvalue weighted by Gasteiger charge is -2.09. The van der Waals surface area contributed by atoms with Crippen LogP contribution in [-0.4, -0.2) is 0 Å². The van der Waals surface area contributed by atoms with Gasteiger partial charge >= 0.3 is 6.18 Å². The molecule has 0 nitrogen and oxygen atoms in total. The zero-order valence-electron chi connectivity index (χ0n) is 7.88. The van der Waals surface area contributed by atoms with Crippen molar-refractivity contribution in [3.8, 4) is 10.4 Å². The Kier molecular flexibility index (Phi) is 2.95. The Morgan fingerprint density at radius 3 is 2.44 bits per heavy atom. The summed E-state index contributed by atoms with van der Waals surface area (Å²) in [6.07, 6.45) is -4.34. The first-order valence-corrected chi connectivity index (χ1v) is 5.65. The second-order valence-electron chi connectivity index (χ2n) is 3.17. The molecule has 0 spiro atoms. The highest BCUT2D eigenvalue weighted by Gasteiger charge is 2.31. The Hall–Kier alpha value is -1.00. The average Bonchev–Trinajstić information content (AvgIpc) is 2.69. The molecule has 0 aliphatic rings. The standard InChI is InChI=1S/C11H6ClF3S/c12-9-4-3-7(11(13,14)15)6-8(9)10-2-1-5-16-10/h1-6H. The van der Waals surface area contributed by atoms with Gasteiger partial charge in [0.15, 0.2) is 0 Å². The lowest BCUT2D eigenvalue weighted by molar-refractivity contribution is -0.137. The number of rotatable bonds is 1. The maximum absolute atomic E-state index is 12.5. The summed E-state index contributed by atoms with van der Waals surface area (Å²) in [5.74, 6) is 0. The van der Waals surface area contributed by atoms with Crippen molar-refractivity contribution < 1.29 is 13.2 Å². The van der Waals surface area contributed by atoms with E-state index in [0.717, 1.165) is 17.0 Å². The molecular weight excluding hydrogens is 257 g/mol. The Balaban J connectivity index is 2.54. The van der Waals surface area contributed by atoms with E-state index in [-0.39, 0.29) is 0 Å². The van der Waals surface area contributed by atoms with Gasteiger partial charge in [0.25, 0.3) is 0 Å². The molecule has 0 saturated heterocycles. The minimum Gasteiger partial charge on any atom is -0.166 e. The third kappa shape index (κ3) is 2.23. The number of thiophene rings is 1. The molecule has 1 heterocycles. The van der Waals surface area contributed by atoms with E-state index in [0.29, 0.717) is 10.6 Å². The summed E-state index contributed by atoms with van der Waals surface area (Å²) in [4.78, 5) is 0.733. The number of hydrogen-bond donors (Lipinski definition) is 0. The van der Waals surface area contributed by atoms with Gasteiger partial charge in [-0.15, -0.1) is 11.3 Å². The third-order valence-electron chi connectivity index (χ3n) is 2.08. The fourth-order valence-electron chi connectivity index (χ4n) is 1.32. The van der Waals surface area contributed by atoms with Crippen LogP contribution < -0.4 is 0 Å². The molecule has 84 valence electrons. The highest BCUT2D eigenvalue weighted by molar-refractivity contribution is 7.13. The summed E-state index contributed by atoms with van der Waals surface area (Å²) in [5.41, 5.74) is -0.258. The topological polar surface area (TPSA) is 0 Å². The third-order valence-corrected chi connectivity index (χ3v) is 3.31. The molecule has 5 heteroatoms. The molecule has 1 aromatic heterocycles. The summed E-state index contributed by atoms with van der Waals surface area (Å²) in [6.45, 7) is 0. The van der Waals surface area contributed by atoms with Gasteiger partial charge in [0.2, 0.25) is 0 Å². The van der Waals surface area contributed by atoms with E-state index >= 15 is 0 Å². The van der Waals surface area contributed by atoms with Gasteiger partial charge in [0.05, 0.1) is 5.56 Å². The summed E-state index contributed by atoms with van der Waals surface area (Å²) >= 11 is 7.23. The van der Waals surface area contributed by atoms with E-state index in [2.05, 4.69) is 0 Å². The molecule has 0 atom stereocenters. The minimum absolute atomic E-state index is 0.329. The van der Waals surface area contributed by atoms with Crippen LogP contribution in [0.5, 0.6) is 0 Å². The van der Waals surface area contributed by atoms with Crippen LogP contribution in [0.1, 0.15) is 5.56 Å². The Labute approximate surface area is 99.3 Å². The van der Waals surface area contributed by atoms with Crippen molar-refractivity contribution >= 4 is 22.9 Å². The zero-order valence-corrected chi connectivity index (χ0v) is 9.46. The van der Waals surface area contributed by atoms with Crippen LogP contribution in [0.25, 0.3) is 10.4 Å². The van der Waals surface area contributed by atoms with Crippen LogP contribution in [-0.2, 0) is 6.18 Å². The zero-order chi connectivity index (χ0) is 11.8.